The molecule has 2 heterocycles. The fourth-order valence-corrected chi connectivity index (χ4v) is 8.57. The Bertz CT molecular complexity index is 1930. The molecule has 2 aliphatic carbocycles. The molecule has 2 aromatic heterocycles. The average molecular weight is 680 g/mol. The third-order valence-electron chi connectivity index (χ3n) is 8.96. The van der Waals surface area contributed by atoms with Crippen LogP contribution in [-0.2, 0) is 21.1 Å². The van der Waals surface area contributed by atoms with Crippen molar-refractivity contribution in [3.63, 3.8) is 0 Å². The van der Waals surface area contributed by atoms with E-state index in [2.05, 4.69) is 20.6 Å². The molecule has 2 fully saturated rings. The summed E-state index contributed by atoms with van der Waals surface area (Å²) in [4.78, 5) is 32.9. The Kier molecular flexibility index (Phi) is 8.59. The van der Waals surface area contributed by atoms with E-state index in [4.69, 9.17) is 10.3 Å². The highest BCUT2D eigenvalue weighted by atomic mass is 32.2. The minimum absolute atomic E-state index is 0.0152. The van der Waals surface area contributed by atoms with Gasteiger partial charge in [0.15, 0.2) is 0 Å². The van der Waals surface area contributed by atoms with Crippen LogP contribution in [0.1, 0.15) is 38.7 Å². The van der Waals surface area contributed by atoms with Crippen molar-refractivity contribution in [1.29, 1.82) is 0 Å². The molecule has 0 aliphatic heterocycles. The van der Waals surface area contributed by atoms with Gasteiger partial charge in [-0.25, -0.2) is 19.2 Å². The number of anilines is 3. The van der Waals surface area contributed by atoms with Crippen LogP contribution in [0.15, 0.2) is 54.2 Å². The Labute approximate surface area is 265 Å². The fraction of sp³-hybridized carbons (Fsp3) is 0.333. The molecule has 2 unspecified atom stereocenters. The molecule has 0 saturated heterocycles. The number of nitrogens with zero attached hydrogens (tertiary/aromatic N) is 2. The molecule has 5 N–H and O–H groups in total. The number of halogens is 4. The maximum Gasteiger partial charge on any atom is 0.416 e. The summed E-state index contributed by atoms with van der Waals surface area (Å²) in [5, 5.41) is 7.16. The summed E-state index contributed by atoms with van der Waals surface area (Å²) in [6, 6.07) is 7.55. The number of hydrogen-bond donors (Lipinski definition) is 4. The van der Waals surface area contributed by atoms with Gasteiger partial charge in [0.1, 0.15) is 28.6 Å². The molecule has 16 heteroatoms. The van der Waals surface area contributed by atoms with Crippen LogP contribution in [0.2, 0.25) is 0 Å². The Morgan fingerprint density at radius 3 is 2.41 bits per heavy atom. The minimum Gasteiger partial charge on any atom is -0.383 e. The second-order valence-corrected chi connectivity index (χ2v) is 14.1. The highest BCUT2D eigenvalue weighted by Crippen LogP contribution is 2.64. The number of carbonyl (C=O) groups is 2. The number of benzene rings is 2. The van der Waals surface area contributed by atoms with Gasteiger partial charge in [0.25, 0.3) is 10.1 Å². The van der Waals surface area contributed by atoms with E-state index in [9.17, 15) is 35.6 Å². The molecule has 0 radical (unpaired) electrons. The standard InChI is InChI=1S/C20H13F4N5OS.C10H16O4S/c21-14-6-3-11(20(22,23)24)7-15(14)29-19(30)28-12-4-1-10(2-5-12)13-8-31-18-16(13)17(25)26-9-27-18;1-9(2)7-3-4-10(9,8(11)5-7)6-15(12,13)14/h1-9H,(H2,25,26,27)(H2,28,29,30);7H,3-6H2,1-2H3,(H,12,13,14). The summed E-state index contributed by atoms with van der Waals surface area (Å²) in [6.45, 7) is 3.89. The van der Waals surface area contributed by atoms with Crippen molar-refractivity contribution < 1.29 is 40.1 Å². The van der Waals surface area contributed by atoms with E-state index in [1.54, 1.807) is 24.3 Å². The number of hydrogen-bond acceptors (Lipinski definition) is 8. The predicted molar refractivity (Wildman–Crippen MR) is 166 cm³/mol. The SMILES string of the molecule is CC1(C)C2CCC1(CS(=O)(=O)O)C(=O)C2.Nc1ncnc2scc(-c3ccc(NC(=O)Nc4cc(C(F)(F)F)ccc4F)cc3)c12. The number of thiophene rings is 1. The quantitative estimate of drug-likeness (QED) is 0.129. The number of amides is 2. The van der Waals surface area contributed by atoms with E-state index in [0.717, 1.165) is 27.8 Å². The van der Waals surface area contributed by atoms with Gasteiger partial charge in [0, 0.05) is 23.1 Å². The molecule has 2 aliphatic rings. The molecule has 2 amide bonds. The number of urea groups is 1. The Hall–Kier alpha value is -4.15. The molecule has 0 spiro atoms. The van der Waals surface area contributed by atoms with Crippen LogP contribution in [0.5, 0.6) is 0 Å². The zero-order valence-electron chi connectivity index (χ0n) is 24.5. The molecule has 2 bridgehead atoms. The largest absolute Gasteiger partial charge is 0.416 e. The maximum absolute atomic E-state index is 13.8. The topological polar surface area (TPSA) is 164 Å². The van der Waals surface area contributed by atoms with Gasteiger partial charge in [-0.2, -0.15) is 21.6 Å². The molecule has 46 heavy (non-hydrogen) atoms. The van der Waals surface area contributed by atoms with Gasteiger partial charge in [-0.15, -0.1) is 11.3 Å². The molecule has 244 valence electrons. The zero-order chi connectivity index (χ0) is 33.7. The number of aromatic nitrogens is 2. The third kappa shape index (κ3) is 6.41. The van der Waals surface area contributed by atoms with E-state index in [1.807, 2.05) is 19.2 Å². The molecule has 10 nitrogen and oxygen atoms in total. The van der Waals surface area contributed by atoms with E-state index < -0.39 is 50.6 Å². The van der Waals surface area contributed by atoms with E-state index in [1.165, 1.54) is 17.7 Å². The number of ketones is 1. The van der Waals surface area contributed by atoms with Crippen LogP contribution in [0.25, 0.3) is 21.3 Å². The smallest absolute Gasteiger partial charge is 0.383 e. The first-order valence-corrected chi connectivity index (χ1v) is 16.4. The van der Waals surface area contributed by atoms with Crippen LogP contribution < -0.4 is 16.4 Å². The van der Waals surface area contributed by atoms with Crippen molar-refractivity contribution in [3.8, 4) is 11.1 Å². The molecular formula is C30H29F4N5O5S2. The number of fused-ring (bicyclic) bond motifs is 3. The summed E-state index contributed by atoms with van der Waals surface area (Å²) in [5.41, 5.74) is 5.18. The van der Waals surface area contributed by atoms with Gasteiger partial charge in [0.05, 0.1) is 27.8 Å². The lowest BCUT2D eigenvalue weighted by Crippen LogP contribution is -2.42. The molecule has 4 aromatic rings. The normalized spacial score (nSPS) is 20.3. The number of Topliss-reactive ketones (excluding diaryl/α,β-unsaturated/α-hetero) is 1. The van der Waals surface area contributed by atoms with Crippen LogP contribution >= 0.6 is 11.3 Å². The summed E-state index contributed by atoms with van der Waals surface area (Å²) in [6.07, 6.45) is -1.30. The Balaban J connectivity index is 0.000000232. The number of nitrogens with two attached hydrogens (primary N) is 1. The van der Waals surface area contributed by atoms with Crippen molar-refractivity contribution in [2.45, 2.75) is 39.3 Å². The van der Waals surface area contributed by atoms with E-state index >= 15 is 0 Å². The van der Waals surface area contributed by atoms with Crippen molar-refractivity contribution in [2.75, 3.05) is 22.1 Å². The van der Waals surface area contributed by atoms with Crippen molar-refractivity contribution >= 4 is 60.7 Å². The average Bonchev–Trinajstić information content (AvgIpc) is 3.55. The van der Waals surface area contributed by atoms with Gasteiger partial charge < -0.3 is 16.4 Å². The monoisotopic (exact) mass is 679 g/mol. The second-order valence-electron chi connectivity index (χ2n) is 11.8. The minimum atomic E-state index is -4.66. The summed E-state index contributed by atoms with van der Waals surface area (Å²) < 4.78 is 83.2. The van der Waals surface area contributed by atoms with Crippen LogP contribution in [0.3, 0.4) is 0 Å². The first kappa shape index (κ1) is 33.2. The number of rotatable bonds is 5. The fourth-order valence-electron chi connectivity index (χ4n) is 6.35. The van der Waals surface area contributed by atoms with Crippen LogP contribution in [-0.4, -0.2) is 40.5 Å². The number of nitrogens with one attached hydrogen (secondary N) is 2. The van der Waals surface area contributed by atoms with Gasteiger partial charge >= 0.3 is 12.2 Å². The Morgan fingerprint density at radius 1 is 1.13 bits per heavy atom. The first-order chi connectivity index (χ1) is 21.4. The third-order valence-corrected chi connectivity index (χ3v) is 10.7. The van der Waals surface area contributed by atoms with E-state index in [0.29, 0.717) is 42.5 Å². The van der Waals surface area contributed by atoms with Crippen molar-refractivity contribution in [1.82, 2.24) is 9.97 Å². The highest BCUT2D eigenvalue weighted by Gasteiger charge is 2.65. The van der Waals surface area contributed by atoms with Gasteiger partial charge in [-0.05, 0) is 60.1 Å². The lowest BCUT2D eigenvalue weighted by Gasteiger charge is -2.35. The zero-order valence-corrected chi connectivity index (χ0v) is 26.1. The van der Waals surface area contributed by atoms with Gasteiger partial charge in [0.2, 0.25) is 0 Å². The lowest BCUT2D eigenvalue weighted by atomic mass is 9.70. The molecular weight excluding hydrogens is 650 g/mol. The van der Waals surface area contributed by atoms with Gasteiger partial charge in [-0.3, -0.25) is 9.35 Å². The summed E-state index contributed by atoms with van der Waals surface area (Å²) in [5.74, 6) is -0.732. The van der Waals surface area contributed by atoms with Crippen molar-refractivity contribution in [3.05, 3.63) is 65.6 Å². The number of alkyl halides is 3. The first-order valence-electron chi connectivity index (χ1n) is 13.9. The predicted octanol–water partition coefficient (Wildman–Crippen LogP) is 7.01. The highest BCUT2D eigenvalue weighted by molar-refractivity contribution is 7.85. The van der Waals surface area contributed by atoms with Crippen LogP contribution in [0, 0.1) is 22.6 Å². The molecule has 2 atom stereocenters. The molecule has 2 aromatic carbocycles. The number of carbonyl (C=O) groups excluding carboxylic acids is 2. The molecule has 6 rings (SSSR count). The van der Waals surface area contributed by atoms with E-state index in [-0.39, 0.29) is 17.1 Å². The number of nitrogen functional groups attached to an aromatic ring is 1. The lowest BCUT2D eigenvalue weighted by molar-refractivity contribution is -0.137. The molecule has 2 saturated carbocycles. The maximum atomic E-state index is 13.8. The second kappa shape index (κ2) is 11.9. The Morgan fingerprint density at radius 2 is 1.83 bits per heavy atom. The van der Waals surface area contributed by atoms with Crippen molar-refractivity contribution in [2.24, 2.45) is 16.7 Å². The van der Waals surface area contributed by atoms with Crippen LogP contribution in [0.4, 0.5) is 39.5 Å². The summed E-state index contributed by atoms with van der Waals surface area (Å²) in [7, 11) is -4.08. The summed E-state index contributed by atoms with van der Waals surface area (Å²) >= 11 is 1.42. The van der Waals surface area contributed by atoms with Gasteiger partial charge in [-0.1, -0.05) is 26.0 Å².